The number of carbonyl (C=O) groups is 1. The highest BCUT2D eigenvalue weighted by Gasteiger charge is 2.17. The van der Waals surface area contributed by atoms with Crippen LogP contribution in [0.1, 0.15) is 43.5 Å². The van der Waals surface area contributed by atoms with Crippen molar-refractivity contribution in [3.63, 3.8) is 0 Å². The predicted octanol–water partition coefficient (Wildman–Crippen LogP) is 4.12. The third-order valence-electron chi connectivity index (χ3n) is 5.55. The van der Waals surface area contributed by atoms with Gasteiger partial charge in [-0.25, -0.2) is 4.79 Å². The van der Waals surface area contributed by atoms with Gasteiger partial charge in [-0.2, -0.15) is 21.0 Å². The Morgan fingerprint density at radius 2 is 1.33 bits per heavy atom. The fourth-order valence-corrected chi connectivity index (χ4v) is 4.01. The molecule has 1 unspecified atom stereocenters. The van der Waals surface area contributed by atoms with Crippen LogP contribution in [0.3, 0.4) is 0 Å². The summed E-state index contributed by atoms with van der Waals surface area (Å²) in [6.07, 6.45) is 2.12. The number of nitriles is 4. The molecule has 0 saturated carbocycles. The third-order valence-corrected chi connectivity index (χ3v) is 5.55. The predicted molar refractivity (Wildman–Crippen MR) is 124 cm³/mol. The van der Waals surface area contributed by atoms with Crippen LogP contribution >= 0.6 is 0 Å². The molecule has 0 radical (unpaired) electrons. The molecule has 6 nitrogen and oxygen atoms in total. The summed E-state index contributed by atoms with van der Waals surface area (Å²) in [4.78, 5) is 12.9. The molecular weight excluding hydrogens is 412 g/mol. The maximum absolute atomic E-state index is 12.9. The zero-order valence-corrected chi connectivity index (χ0v) is 18.3. The van der Waals surface area contributed by atoms with Gasteiger partial charge in [0.05, 0.1) is 5.56 Å². The first-order valence-corrected chi connectivity index (χ1v) is 10.6. The molecule has 3 aromatic carbocycles. The summed E-state index contributed by atoms with van der Waals surface area (Å²) in [5.74, 6) is -0.502. The van der Waals surface area contributed by atoms with Gasteiger partial charge < -0.3 is 4.74 Å². The molecule has 0 spiro atoms. The standard InChI is InChI=1S/C27H20N4O2/c1-3-7-20(4-2)33-27(32)17-10-11-23-24(12-17)26(19(15-30)16-31)22-9-6-5-8-21(22)25(23)18(13-28)14-29/h5-6,8-12,20H,3-4,7H2,1-2H3. The zero-order valence-electron chi connectivity index (χ0n) is 18.3. The van der Waals surface area contributed by atoms with Crippen molar-refractivity contribution in [3.8, 4) is 24.3 Å². The Balaban J connectivity index is 2.52. The Morgan fingerprint density at radius 3 is 1.82 bits per heavy atom. The summed E-state index contributed by atoms with van der Waals surface area (Å²) in [6.45, 7) is 3.97. The molecule has 0 heterocycles. The number of ether oxygens (including phenoxy) is 1. The number of hydrogen-bond acceptors (Lipinski definition) is 6. The minimum atomic E-state index is -0.502. The minimum absolute atomic E-state index is 0.0949. The molecule has 0 N–H and O–H groups in total. The maximum atomic E-state index is 12.9. The Hall–Kier alpha value is -4.65. The average molecular weight is 432 g/mol. The van der Waals surface area contributed by atoms with Crippen LogP contribution in [0.5, 0.6) is 0 Å². The van der Waals surface area contributed by atoms with E-state index < -0.39 is 5.97 Å². The highest BCUT2D eigenvalue weighted by atomic mass is 16.5. The molecule has 0 bridgehead atoms. The first kappa shape index (κ1) is 23.0. The fourth-order valence-electron chi connectivity index (χ4n) is 4.01. The summed E-state index contributed by atoms with van der Waals surface area (Å²) in [5.41, 5.74) is 0.0499. The van der Waals surface area contributed by atoms with E-state index >= 15 is 0 Å². The van der Waals surface area contributed by atoms with Crippen molar-refractivity contribution >= 4 is 38.7 Å². The molecule has 160 valence electrons. The number of rotatable bonds is 5. The Morgan fingerprint density at radius 1 is 0.818 bits per heavy atom. The van der Waals surface area contributed by atoms with Gasteiger partial charge in [0.15, 0.2) is 0 Å². The van der Waals surface area contributed by atoms with Gasteiger partial charge in [-0.3, -0.25) is 0 Å². The number of esters is 1. The van der Waals surface area contributed by atoms with Crippen molar-refractivity contribution in [2.24, 2.45) is 0 Å². The van der Waals surface area contributed by atoms with Crippen LogP contribution in [-0.2, 0) is 4.74 Å². The van der Waals surface area contributed by atoms with E-state index in [2.05, 4.69) is 0 Å². The molecule has 0 amide bonds. The highest BCUT2D eigenvalue weighted by Crippen LogP contribution is 2.19. The lowest BCUT2D eigenvalue weighted by molar-refractivity contribution is 0.0272. The fraction of sp³-hybridized carbons (Fsp3) is 0.222. The van der Waals surface area contributed by atoms with Crippen LogP contribution < -0.4 is 10.4 Å². The number of carbonyl (C=O) groups excluding carboxylic acids is 1. The van der Waals surface area contributed by atoms with Crippen LogP contribution in [0, 0.1) is 45.3 Å². The van der Waals surface area contributed by atoms with Gasteiger partial charge in [-0.05, 0) is 46.5 Å². The van der Waals surface area contributed by atoms with Gasteiger partial charge in [0.1, 0.15) is 41.5 Å². The molecule has 33 heavy (non-hydrogen) atoms. The van der Waals surface area contributed by atoms with Crippen LogP contribution in [0.25, 0.3) is 32.7 Å². The lowest BCUT2D eigenvalue weighted by Crippen LogP contribution is -2.20. The molecule has 3 rings (SSSR count). The Labute approximate surface area is 191 Å². The van der Waals surface area contributed by atoms with Gasteiger partial charge >= 0.3 is 5.97 Å². The number of nitrogens with zero attached hydrogens (tertiary/aromatic N) is 4. The van der Waals surface area contributed by atoms with E-state index in [1.807, 2.05) is 38.1 Å². The molecule has 6 heteroatoms. The summed E-state index contributed by atoms with van der Waals surface area (Å²) in [7, 11) is 0. The lowest BCUT2D eigenvalue weighted by Gasteiger charge is -2.16. The van der Waals surface area contributed by atoms with Crippen LogP contribution in [0.15, 0.2) is 42.5 Å². The van der Waals surface area contributed by atoms with Crippen molar-refractivity contribution in [1.82, 2.24) is 0 Å². The van der Waals surface area contributed by atoms with E-state index in [-0.39, 0.29) is 22.8 Å². The van der Waals surface area contributed by atoms with Gasteiger partial charge in [-0.1, -0.05) is 50.6 Å². The number of fused-ring (bicyclic) bond motifs is 2. The van der Waals surface area contributed by atoms with E-state index in [0.29, 0.717) is 38.4 Å². The van der Waals surface area contributed by atoms with Crippen LogP contribution in [0.2, 0.25) is 0 Å². The van der Waals surface area contributed by atoms with Gasteiger partial charge in [0.25, 0.3) is 0 Å². The molecule has 0 saturated heterocycles. The van der Waals surface area contributed by atoms with Crippen molar-refractivity contribution in [2.45, 2.75) is 39.2 Å². The average Bonchev–Trinajstić information content (AvgIpc) is 2.85. The Kier molecular flexibility index (Phi) is 7.05. The summed E-state index contributed by atoms with van der Waals surface area (Å²) < 4.78 is 5.65. The first-order valence-electron chi connectivity index (χ1n) is 10.6. The van der Waals surface area contributed by atoms with Gasteiger partial charge in [0.2, 0.25) is 0 Å². The Bertz CT molecular complexity index is 1530. The van der Waals surface area contributed by atoms with Crippen molar-refractivity contribution < 1.29 is 9.53 Å². The SMILES string of the molecule is CCCC(CC)OC(=O)c1ccc2c(=C(C#N)C#N)c3ccccc3c(=C(C#N)C#N)c2c1. The van der Waals surface area contributed by atoms with E-state index in [1.165, 1.54) is 0 Å². The zero-order chi connectivity index (χ0) is 24.0. The normalized spacial score (nSPS) is 11.0. The second-order valence-corrected chi connectivity index (χ2v) is 7.48. The van der Waals surface area contributed by atoms with Crippen molar-refractivity contribution in [1.29, 1.82) is 21.0 Å². The molecule has 0 fully saturated rings. The molecule has 0 aliphatic rings. The quantitative estimate of drug-likeness (QED) is 0.441. The van der Waals surface area contributed by atoms with E-state index in [1.54, 1.807) is 42.5 Å². The summed E-state index contributed by atoms with van der Waals surface area (Å²) >= 11 is 0. The molecule has 0 aromatic heterocycles. The van der Waals surface area contributed by atoms with E-state index in [0.717, 1.165) is 12.8 Å². The van der Waals surface area contributed by atoms with E-state index in [4.69, 9.17) is 4.74 Å². The van der Waals surface area contributed by atoms with Crippen LogP contribution in [-0.4, -0.2) is 12.1 Å². The highest BCUT2D eigenvalue weighted by molar-refractivity contribution is 6.07. The van der Waals surface area contributed by atoms with Gasteiger partial charge in [-0.15, -0.1) is 0 Å². The summed E-state index contributed by atoms with van der Waals surface area (Å²) in [6, 6.07) is 19.5. The topological polar surface area (TPSA) is 121 Å². The smallest absolute Gasteiger partial charge is 0.338 e. The number of hydrogen-bond donors (Lipinski definition) is 0. The van der Waals surface area contributed by atoms with Crippen LogP contribution in [0.4, 0.5) is 0 Å². The largest absolute Gasteiger partial charge is 0.459 e. The second-order valence-electron chi connectivity index (χ2n) is 7.48. The van der Waals surface area contributed by atoms with Gasteiger partial charge in [0, 0.05) is 10.4 Å². The second kappa shape index (κ2) is 10.1. The van der Waals surface area contributed by atoms with Crippen molar-refractivity contribution in [3.05, 3.63) is 58.5 Å². The number of benzene rings is 3. The van der Waals surface area contributed by atoms with Crippen molar-refractivity contribution in [2.75, 3.05) is 0 Å². The van der Waals surface area contributed by atoms with E-state index in [9.17, 15) is 25.8 Å². The summed E-state index contributed by atoms with van der Waals surface area (Å²) in [5, 5.41) is 41.3. The monoisotopic (exact) mass is 432 g/mol. The maximum Gasteiger partial charge on any atom is 0.338 e. The molecule has 0 aliphatic carbocycles. The third kappa shape index (κ3) is 4.24. The molecule has 1 atom stereocenters. The molecular formula is C27H20N4O2. The minimum Gasteiger partial charge on any atom is -0.459 e. The molecule has 3 aromatic rings. The first-order chi connectivity index (χ1) is 16.0. The molecule has 0 aliphatic heterocycles. The lowest BCUT2D eigenvalue weighted by atomic mass is 9.92.